The second kappa shape index (κ2) is 7.35. The normalized spacial score (nSPS) is 23.4. The Morgan fingerprint density at radius 1 is 1.30 bits per heavy atom. The molecule has 0 aromatic heterocycles. The summed E-state index contributed by atoms with van der Waals surface area (Å²) >= 11 is 0. The van der Waals surface area contributed by atoms with Crippen molar-refractivity contribution in [3.8, 4) is 0 Å². The van der Waals surface area contributed by atoms with E-state index >= 15 is 0 Å². The Labute approximate surface area is 140 Å². The van der Waals surface area contributed by atoms with Gasteiger partial charge >= 0.3 is 0 Å². The summed E-state index contributed by atoms with van der Waals surface area (Å²) in [7, 11) is 4.14. The first kappa shape index (κ1) is 16.3. The number of rotatable bonds is 5. The highest BCUT2D eigenvalue weighted by molar-refractivity contribution is 5.80. The molecule has 126 valence electrons. The minimum absolute atomic E-state index is 0.548. The van der Waals surface area contributed by atoms with Crippen LogP contribution >= 0.6 is 0 Å². The smallest absolute Gasteiger partial charge is 0.193 e. The molecule has 23 heavy (non-hydrogen) atoms. The van der Waals surface area contributed by atoms with Crippen LogP contribution in [0.3, 0.4) is 0 Å². The molecule has 1 aliphatic carbocycles. The van der Waals surface area contributed by atoms with Crippen LogP contribution in [0, 0.1) is 0 Å². The lowest BCUT2D eigenvalue weighted by atomic mass is 9.99. The van der Waals surface area contributed by atoms with Crippen LogP contribution in [0.4, 0.5) is 0 Å². The van der Waals surface area contributed by atoms with Crippen LogP contribution in [-0.4, -0.2) is 61.6 Å². The Balaban J connectivity index is 1.51. The summed E-state index contributed by atoms with van der Waals surface area (Å²) in [5, 5.41) is 3.58. The number of guanidine groups is 1. The molecule has 1 saturated heterocycles. The Morgan fingerprint density at radius 3 is 2.70 bits per heavy atom. The van der Waals surface area contributed by atoms with Crippen molar-refractivity contribution in [2.45, 2.75) is 44.2 Å². The number of likely N-dealkylation sites (N-methyl/N-ethyl adjacent to an activating group) is 1. The lowest BCUT2D eigenvalue weighted by Crippen LogP contribution is -2.46. The Morgan fingerprint density at radius 2 is 2.04 bits per heavy atom. The molecular weight excluding hydrogens is 284 g/mol. The van der Waals surface area contributed by atoms with E-state index in [9.17, 15) is 0 Å². The van der Waals surface area contributed by atoms with E-state index in [0.717, 1.165) is 31.6 Å². The first-order valence-corrected chi connectivity index (χ1v) is 8.91. The number of likely N-dealkylation sites (tertiary alicyclic amines) is 1. The molecule has 2 unspecified atom stereocenters. The predicted molar refractivity (Wildman–Crippen MR) is 97.0 cm³/mol. The SMILES string of the molecule is CN=C(NCC(C)N(C)C1CC1)N1CCC(c2ccccc2)C1. The van der Waals surface area contributed by atoms with Gasteiger partial charge in [0.05, 0.1) is 0 Å². The fourth-order valence-corrected chi connectivity index (χ4v) is 3.51. The standard InChI is InChI=1S/C19H30N4/c1-15(22(3)18-9-10-18)13-21-19(20-2)23-12-11-17(14-23)16-7-5-4-6-8-16/h4-8,15,17-18H,9-14H2,1-3H3,(H,20,21). The van der Waals surface area contributed by atoms with Gasteiger partial charge in [0.25, 0.3) is 0 Å². The van der Waals surface area contributed by atoms with Gasteiger partial charge in [-0.3, -0.25) is 9.89 Å². The second-order valence-corrected chi connectivity index (χ2v) is 7.02. The van der Waals surface area contributed by atoms with Crippen LogP contribution in [0.25, 0.3) is 0 Å². The van der Waals surface area contributed by atoms with Gasteiger partial charge in [-0.1, -0.05) is 30.3 Å². The zero-order chi connectivity index (χ0) is 16.2. The molecule has 4 nitrogen and oxygen atoms in total. The topological polar surface area (TPSA) is 30.9 Å². The van der Waals surface area contributed by atoms with E-state index in [1.165, 1.54) is 24.8 Å². The van der Waals surface area contributed by atoms with Gasteiger partial charge in [0.15, 0.2) is 5.96 Å². The third-order valence-electron chi connectivity index (χ3n) is 5.34. The van der Waals surface area contributed by atoms with Crippen molar-refractivity contribution in [2.24, 2.45) is 4.99 Å². The summed E-state index contributed by atoms with van der Waals surface area (Å²) in [6.07, 6.45) is 3.93. The van der Waals surface area contributed by atoms with Crippen molar-refractivity contribution in [3.05, 3.63) is 35.9 Å². The molecule has 4 heteroatoms. The van der Waals surface area contributed by atoms with E-state index in [0.29, 0.717) is 12.0 Å². The number of nitrogens with zero attached hydrogens (tertiary/aromatic N) is 3. The molecule has 0 spiro atoms. The van der Waals surface area contributed by atoms with Crippen LogP contribution in [0.1, 0.15) is 37.7 Å². The Hall–Kier alpha value is -1.55. The van der Waals surface area contributed by atoms with Gasteiger partial charge in [-0.25, -0.2) is 0 Å². The Kier molecular flexibility index (Phi) is 5.21. The van der Waals surface area contributed by atoms with E-state index in [2.05, 4.69) is 64.4 Å². The van der Waals surface area contributed by atoms with E-state index in [1.807, 2.05) is 7.05 Å². The van der Waals surface area contributed by atoms with Gasteiger partial charge in [-0.15, -0.1) is 0 Å². The van der Waals surface area contributed by atoms with E-state index < -0.39 is 0 Å². The van der Waals surface area contributed by atoms with Crippen molar-refractivity contribution >= 4 is 5.96 Å². The molecule has 0 amide bonds. The van der Waals surface area contributed by atoms with Gasteiger partial charge in [-0.2, -0.15) is 0 Å². The summed E-state index contributed by atoms with van der Waals surface area (Å²) in [4.78, 5) is 9.40. The molecule has 2 atom stereocenters. The molecular formula is C19H30N4. The quantitative estimate of drug-likeness (QED) is 0.669. The van der Waals surface area contributed by atoms with Gasteiger partial charge in [0.2, 0.25) is 0 Å². The number of hydrogen-bond donors (Lipinski definition) is 1. The largest absolute Gasteiger partial charge is 0.355 e. The first-order chi connectivity index (χ1) is 11.2. The zero-order valence-electron chi connectivity index (χ0n) is 14.7. The van der Waals surface area contributed by atoms with E-state index in [-0.39, 0.29) is 0 Å². The highest BCUT2D eigenvalue weighted by Crippen LogP contribution is 2.28. The van der Waals surface area contributed by atoms with Crippen LogP contribution in [0.15, 0.2) is 35.3 Å². The van der Waals surface area contributed by atoms with E-state index in [4.69, 9.17) is 0 Å². The third kappa shape index (κ3) is 4.05. The van der Waals surface area contributed by atoms with Crippen molar-refractivity contribution in [3.63, 3.8) is 0 Å². The maximum atomic E-state index is 4.50. The number of benzene rings is 1. The molecule has 0 bridgehead atoms. The average molecular weight is 314 g/mol. The Bertz CT molecular complexity index is 523. The van der Waals surface area contributed by atoms with Gasteiger partial charge < -0.3 is 10.2 Å². The predicted octanol–water partition coefficient (Wildman–Crippen LogP) is 2.53. The van der Waals surface area contributed by atoms with Crippen molar-refractivity contribution < 1.29 is 0 Å². The molecule has 2 fully saturated rings. The molecule has 1 aromatic rings. The third-order valence-corrected chi connectivity index (χ3v) is 5.34. The van der Waals surface area contributed by atoms with Crippen LogP contribution in [0.2, 0.25) is 0 Å². The summed E-state index contributed by atoms with van der Waals surface area (Å²) in [5.41, 5.74) is 1.45. The highest BCUT2D eigenvalue weighted by atomic mass is 15.3. The minimum Gasteiger partial charge on any atom is -0.355 e. The lowest BCUT2D eigenvalue weighted by Gasteiger charge is -2.28. The second-order valence-electron chi connectivity index (χ2n) is 7.02. The molecule has 1 saturated carbocycles. The van der Waals surface area contributed by atoms with Gasteiger partial charge in [0, 0.05) is 44.7 Å². The van der Waals surface area contributed by atoms with Crippen molar-refractivity contribution in [2.75, 3.05) is 33.7 Å². The molecule has 1 N–H and O–H groups in total. The molecule has 1 aliphatic heterocycles. The van der Waals surface area contributed by atoms with Crippen LogP contribution < -0.4 is 5.32 Å². The molecule has 3 rings (SSSR count). The average Bonchev–Trinajstić information content (AvgIpc) is 3.33. The monoisotopic (exact) mass is 314 g/mol. The number of aliphatic imine (C=N–C) groups is 1. The molecule has 1 aromatic carbocycles. The fraction of sp³-hybridized carbons (Fsp3) is 0.632. The molecule has 1 heterocycles. The highest BCUT2D eigenvalue weighted by Gasteiger charge is 2.30. The summed E-state index contributed by atoms with van der Waals surface area (Å²) in [6.45, 7) is 5.42. The minimum atomic E-state index is 0.548. The maximum absolute atomic E-state index is 4.50. The fourth-order valence-electron chi connectivity index (χ4n) is 3.51. The lowest BCUT2D eigenvalue weighted by molar-refractivity contribution is 0.246. The van der Waals surface area contributed by atoms with Crippen molar-refractivity contribution in [1.29, 1.82) is 0 Å². The van der Waals surface area contributed by atoms with Gasteiger partial charge in [-0.05, 0) is 38.8 Å². The maximum Gasteiger partial charge on any atom is 0.193 e. The summed E-state index contributed by atoms with van der Waals surface area (Å²) in [6, 6.07) is 12.2. The molecule has 2 aliphatic rings. The van der Waals surface area contributed by atoms with Crippen LogP contribution in [-0.2, 0) is 0 Å². The molecule has 0 radical (unpaired) electrons. The summed E-state index contributed by atoms with van der Waals surface area (Å²) < 4.78 is 0. The first-order valence-electron chi connectivity index (χ1n) is 8.91. The van der Waals surface area contributed by atoms with Gasteiger partial charge in [0.1, 0.15) is 0 Å². The van der Waals surface area contributed by atoms with E-state index in [1.54, 1.807) is 0 Å². The number of nitrogens with one attached hydrogen (secondary N) is 1. The number of hydrogen-bond acceptors (Lipinski definition) is 2. The summed E-state index contributed by atoms with van der Waals surface area (Å²) in [5.74, 6) is 1.68. The zero-order valence-corrected chi connectivity index (χ0v) is 14.7. The van der Waals surface area contributed by atoms with Crippen molar-refractivity contribution in [1.82, 2.24) is 15.1 Å². The van der Waals surface area contributed by atoms with Crippen LogP contribution in [0.5, 0.6) is 0 Å².